The van der Waals surface area contributed by atoms with Crippen LogP contribution in [0.2, 0.25) is 0 Å². The maximum Gasteiger partial charge on any atom is 0.310 e. The summed E-state index contributed by atoms with van der Waals surface area (Å²) in [5.41, 5.74) is 1.96. The average molecular weight is 302 g/mol. The maximum absolute atomic E-state index is 11.8. The molecule has 0 aliphatic rings. The minimum atomic E-state index is -0.531. The Labute approximate surface area is 130 Å². The van der Waals surface area contributed by atoms with Crippen molar-refractivity contribution in [2.45, 2.75) is 45.8 Å². The molecular formula is C17H22N2O3. The topological polar surface area (TPSA) is 64.4 Å². The van der Waals surface area contributed by atoms with E-state index >= 15 is 0 Å². The number of rotatable bonds is 4. The Bertz CT molecular complexity index is 654. The van der Waals surface area contributed by atoms with E-state index in [0.717, 1.165) is 16.8 Å². The molecule has 1 aromatic heterocycles. The van der Waals surface area contributed by atoms with Crippen molar-refractivity contribution < 1.29 is 14.6 Å². The third-order valence-corrected chi connectivity index (χ3v) is 3.02. The Morgan fingerprint density at radius 3 is 2.77 bits per heavy atom. The number of carbonyl (C=O) groups excluding carboxylic acids is 1. The van der Waals surface area contributed by atoms with Crippen molar-refractivity contribution in [3.8, 4) is 5.69 Å². The van der Waals surface area contributed by atoms with Gasteiger partial charge < -0.3 is 9.84 Å². The molecular weight excluding hydrogens is 280 g/mol. The van der Waals surface area contributed by atoms with Gasteiger partial charge in [0.1, 0.15) is 5.60 Å². The number of benzene rings is 1. The smallest absolute Gasteiger partial charge is 0.310 e. The van der Waals surface area contributed by atoms with Gasteiger partial charge in [0, 0.05) is 11.8 Å². The monoisotopic (exact) mass is 302 g/mol. The standard InChI is InChI=1S/C17H22N2O3/c1-12(20)14-6-5-7-15(9-14)19-11-13(10-18-19)8-16(21)22-17(2,3)4/h5-7,9-12,20H,8H2,1-4H3. The first kappa shape index (κ1) is 16.2. The Balaban J connectivity index is 2.11. The molecule has 0 amide bonds. The molecule has 1 heterocycles. The predicted molar refractivity (Wildman–Crippen MR) is 83.7 cm³/mol. The number of esters is 1. The van der Waals surface area contributed by atoms with E-state index in [0.29, 0.717) is 0 Å². The second kappa shape index (κ2) is 6.32. The number of hydrogen-bond donors (Lipinski definition) is 1. The van der Waals surface area contributed by atoms with Crippen LogP contribution in [0.1, 0.15) is 44.9 Å². The first-order valence-electron chi connectivity index (χ1n) is 7.28. The quantitative estimate of drug-likeness (QED) is 0.882. The van der Waals surface area contributed by atoms with Crippen LogP contribution in [0, 0.1) is 0 Å². The predicted octanol–water partition coefficient (Wildman–Crippen LogP) is 2.81. The van der Waals surface area contributed by atoms with Crippen LogP contribution in [-0.4, -0.2) is 26.5 Å². The molecule has 0 bridgehead atoms. The van der Waals surface area contributed by atoms with Crippen LogP contribution in [0.15, 0.2) is 36.7 Å². The molecule has 5 nitrogen and oxygen atoms in total. The summed E-state index contributed by atoms with van der Waals surface area (Å²) in [5, 5.41) is 13.9. The highest BCUT2D eigenvalue weighted by Gasteiger charge is 2.17. The Hall–Kier alpha value is -2.14. The molecule has 1 atom stereocenters. The molecule has 0 saturated carbocycles. The molecule has 0 saturated heterocycles. The van der Waals surface area contributed by atoms with Crippen LogP contribution in [0.3, 0.4) is 0 Å². The Morgan fingerprint density at radius 2 is 2.14 bits per heavy atom. The van der Waals surface area contributed by atoms with Crippen molar-refractivity contribution in [1.29, 1.82) is 0 Å². The average Bonchev–Trinajstić information content (AvgIpc) is 2.85. The molecule has 0 aliphatic carbocycles. The Morgan fingerprint density at radius 1 is 1.41 bits per heavy atom. The SMILES string of the molecule is CC(O)c1cccc(-n2cc(CC(=O)OC(C)(C)C)cn2)c1. The van der Waals surface area contributed by atoms with E-state index in [-0.39, 0.29) is 12.4 Å². The van der Waals surface area contributed by atoms with Crippen LogP contribution < -0.4 is 0 Å². The summed E-state index contributed by atoms with van der Waals surface area (Å²) in [4.78, 5) is 11.8. The number of aliphatic hydroxyl groups excluding tert-OH is 1. The van der Waals surface area contributed by atoms with Crippen LogP contribution >= 0.6 is 0 Å². The molecule has 5 heteroatoms. The second-order valence-corrected chi connectivity index (χ2v) is 6.33. The lowest BCUT2D eigenvalue weighted by molar-refractivity contribution is -0.153. The van der Waals surface area contributed by atoms with Gasteiger partial charge in [-0.05, 0) is 45.4 Å². The van der Waals surface area contributed by atoms with Gasteiger partial charge in [0.2, 0.25) is 0 Å². The number of aromatic nitrogens is 2. The zero-order valence-electron chi connectivity index (χ0n) is 13.4. The summed E-state index contributed by atoms with van der Waals surface area (Å²) in [5.74, 6) is -0.273. The largest absolute Gasteiger partial charge is 0.460 e. The van der Waals surface area contributed by atoms with Gasteiger partial charge in [-0.15, -0.1) is 0 Å². The van der Waals surface area contributed by atoms with Crippen molar-refractivity contribution in [3.63, 3.8) is 0 Å². The van der Waals surface area contributed by atoms with E-state index in [4.69, 9.17) is 4.74 Å². The van der Waals surface area contributed by atoms with E-state index < -0.39 is 11.7 Å². The first-order valence-corrected chi connectivity index (χ1v) is 7.28. The normalized spacial score (nSPS) is 13.0. The van der Waals surface area contributed by atoms with Crippen molar-refractivity contribution in [2.75, 3.05) is 0 Å². The fraction of sp³-hybridized carbons (Fsp3) is 0.412. The van der Waals surface area contributed by atoms with Gasteiger partial charge in [-0.3, -0.25) is 4.79 Å². The zero-order chi connectivity index (χ0) is 16.3. The Kier molecular flexibility index (Phi) is 4.66. The highest BCUT2D eigenvalue weighted by molar-refractivity contribution is 5.72. The van der Waals surface area contributed by atoms with Crippen LogP contribution in [-0.2, 0) is 16.0 Å². The van der Waals surface area contributed by atoms with Gasteiger partial charge in [0.05, 0.1) is 24.4 Å². The molecule has 0 radical (unpaired) electrons. The fourth-order valence-corrected chi connectivity index (χ4v) is 2.06. The lowest BCUT2D eigenvalue weighted by Crippen LogP contribution is -2.24. The summed E-state index contributed by atoms with van der Waals surface area (Å²) >= 11 is 0. The summed E-state index contributed by atoms with van der Waals surface area (Å²) in [6.45, 7) is 7.25. The summed E-state index contributed by atoms with van der Waals surface area (Å²) < 4.78 is 6.98. The summed E-state index contributed by atoms with van der Waals surface area (Å²) in [7, 11) is 0. The first-order chi connectivity index (χ1) is 10.2. The lowest BCUT2D eigenvalue weighted by atomic mass is 10.1. The van der Waals surface area contributed by atoms with Gasteiger partial charge >= 0.3 is 5.97 Å². The van der Waals surface area contributed by atoms with Crippen molar-refractivity contribution >= 4 is 5.97 Å². The van der Waals surface area contributed by atoms with Gasteiger partial charge in [0.25, 0.3) is 0 Å². The minimum absolute atomic E-state index is 0.188. The molecule has 118 valence electrons. The lowest BCUT2D eigenvalue weighted by Gasteiger charge is -2.19. The van der Waals surface area contributed by atoms with E-state index in [1.165, 1.54) is 0 Å². The number of aliphatic hydroxyl groups is 1. The molecule has 1 aromatic carbocycles. The molecule has 0 fully saturated rings. The molecule has 1 unspecified atom stereocenters. The highest BCUT2D eigenvalue weighted by atomic mass is 16.6. The maximum atomic E-state index is 11.8. The number of hydrogen-bond acceptors (Lipinski definition) is 4. The van der Waals surface area contributed by atoms with E-state index in [1.54, 1.807) is 24.0 Å². The third kappa shape index (κ3) is 4.43. The number of ether oxygens (including phenoxy) is 1. The highest BCUT2D eigenvalue weighted by Crippen LogP contribution is 2.17. The van der Waals surface area contributed by atoms with Crippen LogP contribution in [0.4, 0.5) is 0 Å². The van der Waals surface area contributed by atoms with Crippen molar-refractivity contribution in [1.82, 2.24) is 9.78 Å². The van der Waals surface area contributed by atoms with Gasteiger partial charge in [0.15, 0.2) is 0 Å². The zero-order valence-corrected chi connectivity index (χ0v) is 13.4. The molecule has 0 aliphatic heterocycles. The summed E-state index contributed by atoms with van der Waals surface area (Å²) in [6.07, 6.45) is 3.11. The number of nitrogens with zero attached hydrogens (tertiary/aromatic N) is 2. The van der Waals surface area contributed by atoms with E-state index in [1.807, 2.05) is 45.0 Å². The van der Waals surface area contributed by atoms with E-state index in [2.05, 4.69) is 5.10 Å². The molecule has 0 spiro atoms. The second-order valence-electron chi connectivity index (χ2n) is 6.33. The third-order valence-electron chi connectivity index (χ3n) is 3.02. The van der Waals surface area contributed by atoms with Crippen LogP contribution in [0.25, 0.3) is 5.69 Å². The van der Waals surface area contributed by atoms with Crippen molar-refractivity contribution in [3.05, 3.63) is 47.8 Å². The van der Waals surface area contributed by atoms with Crippen LogP contribution in [0.5, 0.6) is 0 Å². The molecule has 2 aromatic rings. The van der Waals surface area contributed by atoms with E-state index in [9.17, 15) is 9.90 Å². The fourth-order valence-electron chi connectivity index (χ4n) is 2.06. The summed E-state index contributed by atoms with van der Waals surface area (Å²) in [6, 6.07) is 7.50. The molecule has 22 heavy (non-hydrogen) atoms. The number of carbonyl (C=O) groups is 1. The van der Waals surface area contributed by atoms with Gasteiger partial charge in [-0.1, -0.05) is 12.1 Å². The van der Waals surface area contributed by atoms with Gasteiger partial charge in [-0.2, -0.15) is 5.10 Å². The molecule has 2 rings (SSSR count). The minimum Gasteiger partial charge on any atom is -0.460 e. The van der Waals surface area contributed by atoms with Gasteiger partial charge in [-0.25, -0.2) is 4.68 Å². The molecule has 1 N–H and O–H groups in total. The van der Waals surface area contributed by atoms with Crippen molar-refractivity contribution in [2.24, 2.45) is 0 Å².